The van der Waals surface area contributed by atoms with Crippen molar-refractivity contribution in [2.45, 2.75) is 13.8 Å². The van der Waals surface area contributed by atoms with E-state index in [2.05, 4.69) is 15.5 Å². The number of nitrogens with one attached hydrogen (secondary N) is 2. The molecular weight excluding hydrogens is 442 g/mol. The highest BCUT2D eigenvalue weighted by atomic mass is 16.3. The normalized spacial score (nSPS) is 10.9. The van der Waals surface area contributed by atoms with E-state index in [-0.39, 0.29) is 16.9 Å². The average molecular weight is 463 g/mol. The summed E-state index contributed by atoms with van der Waals surface area (Å²) < 4.78 is 6.04. The van der Waals surface area contributed by atoms with Crippen LogP contribution >= 0.6 is 0 Å². The highest BCUT2D eigenvalue weighted by molar-refractivity contribution is 6.04. The van der Waals surface area contributed by atoms with Crippen LogP contribution in [0.25, 0.3) is 33.6 Å². The zero-order chi connectivity index (χ0) is 24.5. The molecule has 0 saturated carbocycles. The number of anilines is 1. The molecule has 0 saturated heterocycles. The van der Waals surface area contributed by atoms with E-state index in [1.54, 1.807) is 48.5 Å². The van der Waals surface area contributed by atoms with Crippen LogP contribution in [0, 0.1) is 13.8 Å². The minimum atomic E-state index is -0.283. The van der Waals surface area contributed by atoms with Gasteiger partial charge in [-0.05, 0) is 61.4 Å². The van der Waals surface area contributed by atoms with Crippen molar-refractivity contribution in [3.05, 3.63) is 116 Å². The summed E-state index contributed by atoms with van der Waals surface area (Å²) in [5.74, 6) is 0.164. The van der Waals surface area contributed by atoms with Gasteiger partial charge in [0.1, 0.15) is 11.3 Å². The zero-order valence-corrected chi connectivity index (χ0v) is 19.1. The summed E-state index contributed by atoms with van der Waals surface area (Å²) in [6.45, 7) is 3.86. The first-order valence-electron chi connectivity index (χ1n) is 11.0. The van der Waals surface area contributed by atoms with Crippen LogP contribution in [0.3, 0.4) is 0 Å². The number of carbonyl (C=O) groups is 1. The molecule has 0 fully saturated rings. The Bertz CT molecular complexity index is 1680. The number of benzene rings is 3. The number of amides is 1. The largest absolute Gasteiger partial charge is 0.456 e. The molecule has 0 atom stereocenters. The molecule has 5 rings (SSSR count). The Balaban J connectivity index is 1.38. The number of carbonyl (C=O) groups excluding carboxylic acids is 1. The van der Waals surface area contributed by atoms with E-state index in [1.807, 2.05) is 32.0 Å². The number of hydrogen-bond acceptors (Lipinski definition) is 5. The summed E-state index contributed by atoms with van der Waals surface area (Å²) in [7, 11) is 0. The fourth-order valence-electron chi connectivity index (χ4n) is 4.00. The number of nitrogens with zero attached hydrogens (tertiary/aromatic N) is 1. The molecule has 5 aromatic rings. The Morgan fingerprint density at radius 3 is 2.43 bits per heavy atom. The topological polar surface area (TPSA) is 105 Å². The summed E-state index contributed by atoms with van der Waals surface area (Å²) in [6, 6.07) is 22.4. The summed E-state index contributed by atoms with van der Waals surface area (Å²) in [5.41, 5.74) is 5.18. The third kappa shape index (κ3) is 4.52. The summed E-state index contributed by atoms with van der Waals surface area (Å²) in [5, 5.41) is 9.85. The molecule has 0 unspecified atom stereocenters. The Morgan fingerprint density at radius 1 is 0.886 bits per heavy atom. The minimum absolute atomic E-state index is 0.105. The molecule has 7 heteroatoms. The van der Waals surface area contributed by atoms with Crippen molar-refractivity contribution in [1.29, 1.82) is 0 Å². The molecule has 0 radical (unpaired) electrons. The predicted molar refractivity (Wildman–Crippen MR) is 136 cm³/mol. The molecule has 172 valence electrons. The van der Waals surface area contributed by atoms with Crippen molar-refractivity contribution in [1.82, 2.24) is 10.2 Å². The van der Waals surface area contributed by atoms with Crippen LogP contribution in [0.1, 0.15) is 21.5 Å². The van der Waals surface area contributed by atoms with Crippen LogP contribution in [-0.4, -0.2) is 16.1 Å². The van der Waals surface area contributed by atoms with E-state index in [4.69, 9.17) is 4.42 Å². The van der Waals surface area contributed by atoms with Crippen molar-refractivity contribution < 1.29 is 9.21 Å². The van der Waals surface area contributed by atoms with Crippen LogP contribution in [0.4, 0.5) is 5.69 Å². The van der Waals surface area contributed by atoms with E-state index in [0.717, 1.165) is 16.7 Å². The molecule has 35 heavy (non-hydrogen) atoms. The minimum Gasteiger partial charge on any atom is -0.456 e. The molecule has 2 aromatic heterocycles. The molecular formula is C28H21N3O4. The molecule has 2 N–H and O–H groups in total. The van der Waals surface area contributed by atoms with E-state index >= 15 is 0 Å². The molecule has 0 aliphatic heterocycles. The van der Waals surface area contributed by atoms with Crippen molar-refractivity contribution in [3.8, 4) is 22.6 Å². The van der Waals surface area contributed by atoms with Gasteiger partial charge in [-0.3, -0.25) is 14.4 Å². The second kappa shape index (κ2) is 8.87. The lowest BCUT2D eigenvalue weighted by Crippen LogP contribution is -2.12. The number of aryl methyl sites for hydroxylation is 2. The first-order chi connectivity index (χ1) is 16.9. The molecule has 0 aliphatic carbocycles. The number of aromatic amines is 1. The van der Waals surface area contributed by atoms with Crippen molar-refractivity contribution in [2.24, 2.45) is 0 Å². The Labute approximate surface area is 200 Å². The quantitative estimate of drug-likeness (QED) is 0.387. The summed E-state index contributed by atoms with van der Waals surface area (Å²) in [6.07, 6.45) is 0. The smallest absolute Gasteiger partial charge is 0.264 e. The summed E-state index contributed by atoms with van der Waals surface area (Å²) in [4.78, 5) is 36.7. The molecule has 7 nitrogen and oxygen atoms in total. The van der Waals surface area contributed by atoms with Crippen molar-refractivity contribution in [3.63, 3.8) is 0 Å². The maximum absolute atomic E-state index is 12.8. The lowest BCUT2D eigenvalue weighted by atomic mass is 10.1. The first kappa shape index (κ1) is 22.0. The average Bonchev–Trinajstić information content (AvgIpc) is 2.85. The predicted octanol–water partition coefficient (Wildman–Crippen LogP) is 5.08. The van der Waals surface area contributed by atoms with Crippen molar-refractivity contribution in [2.75, 3.05) is 5.32 Å². The van der Waals surface area contributed by atoms with Gasteiger partial charge in [0, 0.05) is 34.5 Å². The van der Waals surface area contributed by atoms with E-state index in [9.17, 15) is 14.4 Å². The van der Waals surface area contributed by atoms with Crippen LogP contribution in [0.15, 0.2) is 92.9 Å². The highest BCUT2D eigenvalue weighted by Crippen LogP contribution is 2.26. The van der Waals surface area contributed by atoms with Crippen molar-refractivity contribution >= 4 is 22.6 Å². The Hall–Kier alpha value is -4.78. The maximum atomic E-state index is 12.8. The Kier molecular flexibility index (Phi) is 5.58. The van der Waals surface area contributed by atoms with Gasteiger partial charge in [-0.1, -0.05) is 30.3 Å². The van der Waals surface area contributed by atoms with Gasteiger partial charge in [-0.2, -0.15) is 5.10 Å². The first-order valence-corrected chi connectivity index (χ1v) is 11.0. The van der Waals surface area contributed by atoms with E-state index in [1.165, 1.54) is 12.1 Å². The van der Waals surface area contributed by atoms with Crippen LogP contribution < -0.4 is 16.3 Å². The second-order valence-electron chi connectivity index (χ2n) is 8.35. The zero-order valence-electron chi connectivity index (χ0n) is 19.1. The fraction of sp³-hybridized carbons (Fsp3) is 0.0714. The summed E-state index contributed by atoms with van der Waals surface area (Å²) >= 11 is 0. The van der Waals surface area contributed by atoms with Gasteiger partial charge < -0.3 is 9.73 Å². The fourth-order valence-corrected chi connectivity index (χ4v) is 4.00. The van der Waals surface area contributed by atoms with Gasteiger partial charge in [0.15, 0.2) is 5.43 Å². The molecule has 0 bridgehead atoms. The van der Waals surface area contributed by atoms with Crippen LogP contribution in [-0.2, 0) is 0 Å². The number of aromatic nitrogens is 2. The monoisotopic (exact) mass is 463 g/mol. The Morgan fingerprint density at radius 2 is 1.69 bits per heavy atom. The van der Waals surface area contributed by atoms with Gasteiger partial charge in [0.05, 0.1) is 11.1 Å². The van der Waals surface area contributed by atoms with Crippen LogP contribution in [0.5, 0.6) is 0 Å². The molecule has 0 spiro atoms. The number of fused-ring (bicyclic) bond motifs is 1. The highest BCUT2D eigenvalue weighted by Gasteiger charge is 2.12. The third-order valence-corrected chi connectivity index (χ3v) is 5.69. The van der Waals surface area contributed by atoms with Gasteiger partial charge in [-0.25, -0.2) is 5.10 Å². The van der Waals surface area contributed by atoms with Gasteiger partial charge >= 0.3 is 0 Å². The van der Waals surface area contributed by atoms with Crippen LogP contribution in [0.2, 0.25) is 0 Å². The lowest BCUT2D eigenvalue weighted by molar-refractivity contribution is 0.102. The second-order valence-corrected chi connectivity index (χ2v) is 8.35. The molecule has 1 amide bonds. The maximum Gasteiger partial charge on any atom is 0.264 e. The SMILES string of the molecule is Cc1cc(C)c2oc(-c3ccc(C(=O)Nc4cccc(-c5ccc(=O)[nH]n5)c4)cc3)cc(=O)c2c1. The number of H-pyrrole nitrogens is 1. The third-order valence-electron chi connectivity index (χ3n) is 5.69. The van der Waals surface area contributed by atoms with Gasteiger partial charge in [0.25, 0.3) is 11.5 Å². The van der Waals surface area contributed by atoms with E-state index in [0.29, 0.717) is 39.2 Å². The molecule has 0 aliphatic rings. The lowest BCUT2D eigenvalue weighted by Gasteiger charge is -2.09. The molecule has 3 aromatic carbocycles. The van der Waals surface area contributed by atoms with Gasteiger partial charge in [-0.15, -0.1) is 0 Å². The molecule has 2 heterocycles. The number of rotatable bonds is 4. The van der Waals surface area contributed by atoms with Gasteiger partial charge in [0.2, 0.25) is 0 Å². The standard InChI is InChI=1S/C28H21N3O4/c1-16-12-17(2)27-22(13-16)24(32)15-25(35-27)18-6-8-19(9-7-18)28(34)29-21-5-3-4-20(14-21)23-10-11-26(33)31-30-23/h3-15H,1-2H3,(H,29,34)(H,31,33). The van der Waals surface area contributed by atoms with E-state index < -0.39 is 0 Å². The number of hydrogen-bond donors (Lipinski definition) is 2.